The van der Waals surface area contributed by atoms with Crippen molar-refractivity contribution < 1.29 is 24.3 Å². The van der Waals surface area contributed by atoms with Crippen molar-refractivity contribution in [3.63, 3.8) is 0 Å². The number of amides is 2. The Morgan fingerprint density at radius 3 is 2.71 bits per heavy atom. The quantitative estimate of drug-likeness (QED) is 0.420. The van der Waals surface area contributed by atoms with Gasteiger partial charge in [0.25, 0.3) is 5.91 Å². The molecule has 0 spiro atoms. The summed E-state index contributed by atoms with van der Waals surface area (Å²) in [5.74, 6) is -1.87. The normalized spacial score (nSPS) is 28.1. The van der Waals surface area contributed by atoms with E-state index in [9.17, 15) is 19.5 Å². The predicted molar refractivity (Wildman–Crippen MR) is 117 cm³/mol. The number of hydrogen-bond donors (Lipinski definition) is 3. The van der Waals surface area contributed by atoms with Gasteiger partial charge >= 0.3 is 5.97 Å². The van der Waals surface area contributed by atoms with Crippen LogP contribution in [0.2, 0.25) is 0 Å². The van der Waals surface area contributed by atoms with E-state index in [1.165, 1.54) is 28.0 Å². The largest absolute Gasteiger partial charge is 0.480 e. The highest BCUT2D eigenvalue weighted by Crippen LogP contribution is 2.49. The van der Waals surface area contributed by atoms with Crippen LogP contribution in [0.3, 0.4) is 0 Å². The molecule has 10 nitrogen and oxygen atoms in total. The summed E-state index contributed by atoms with van der Waals surface area (Å²) in [5, 5.41) is 18.1. The van der Waals surface area contributed by atoms with Gasteiger partial charge in [-0.1, -0.05) is 5.16 Å². The van der Waals surface area contributed by atoms with Gasteiger partial charge in [0.1, 0.15) is 17.8 Å². The first-order valence-corrected chi connectivity index (χ1v) is 11.9. The third kappa shape index (κ3) is 4.22. The van der Waals surface area contributed by atoms with Gasteiger partial charge in [0.05, 0.1) is 11.4 Å². The van der Waals surface area contributed by atoms with E-state index in [1.54, 1.807) is 19.2 Å². The molecule has 0 radical (unpaired) electrons. The average molecular weight is 468 g/mol. The number of rotatable bonds is 6. The van der Waals surface area contributed by atoms with Gasteiger partial charge in [0.15, 0.2) is 10.8 Å². The smallest absolute Gasteiger partial charge is 0.327 e. The molecule has 4 rings (SSSR count). The van der Waals surface area contributed by atoms with Gasteiger partial charge in [0.2, 0.25) is 5.91 Å². The van der Waals surface area contributed by atoms with Gasteiger partial charge in [-0.2, -0.15) is 0 Å². The summed E-state index contributed by atoms with van der Waals surface area (Å²) in [6.07, 6.45) is 3.88. The van der Waals surface area contributed by atoms with Crippen LogP contribution in [0.15, 0.2) is 10.5 Å². The molecule has 3 heterocycles. The first-order valence-electron chi connectivity index (χ1n) is 10.1. The van der Waals surface area contributed by atoms with Crippen LogP contribution in [0.4, 0.5) is 5.13 Å². The number of thioether (sulfide) groups is 1. The SMILES string of the molecule is CC1(C)S[C@H]2C(NC(=O)C(=NOC3CCCC3)c3csc(N)n3)CC(=O)N2C1C(=O)O. The minimum Gasteiger partial charge on any atom is -0.480 e. The molecule has 1 aromatic heterocycles. The van der Waals surface area contributed by atoms with Crippen molar-refractivity contribution in [2.24, 2.45) is 5.16 Å². The molecule has 2 amide bonds. The highest BCUT2D eigenvalue weighted by atomic mass is 32.2. The van der Waals surface area contributed by atoms with Gasteiger partial charge in [-0.05, 0) is 39.5 Å². The first-order chi connectivity index (χ1) is 14.7. The first kappa shape index (κ1) is 21.9. The van der Waals surface area contributed by atoms with E-state index in [1.807, 2.05) is 0 Å². The summed E-state index contributed by atoms with van der Waals surface area (Å²) < 4.78 is -0.679. The Balaban J connectivity index is 1.54. The Morgan fingerprint density at radius 2 is 2.10 bits per heavy atom. The molecular formula is C19H25N5O5S2. The summed E-state index contributed by atoms with van der Waals surface area (Å²) in [6, 6.07) is -1.50. The maximum atomic E-state index is 13.1. The van der Waals surface area contributed by atoms with Crippen LogP contribution in [0.25, 0.3) is 0 Å². The van der Waals surface area contributed by atoms with E-state index in [-0.39, 0.29) is 24.1 Å². The lowest BCUT2D eigenvalue weighted by Crippen LogP contribution is -2.49. The Kier molecular flexibility index (Phi) is 5.86. The molecule has 1 aliphatic carbocycles. The standard InChI is InChI=1S/C19H25N5O5S2/c1-19(2)14(17(27)28)24-12(25)7-10(16(24)31-19)21-15(26)13(11-8-30-18(20)22-11)23-29-9-5-3-4-6-9/h8-10,14,16H,3-7H2,1-2H3,(H2,20,22)(H,21,26)(H,27,28)/t10?,14?,16-/m0/s1. The molecule has 2 aliphatic heterocycles. The van der Waals surface area contributed by atoms with Crippen molar-refractivity contribution in [1.82, 2.24) is 15.2 Å². The number of nitrogens with zero attached hydrogens (tertiary/aromatic N) is 3. The average Bonchev–Trinajstić information content (AvgIpc) is 3.43. The number of nitrogens with one attached hydrogen (secondary N) is 1. The summed E-state index contributed by atoms with van der Waals surface area (Å²) in [4.78, 5) is 48.7. The van der Waals surface area contributed by atoms with Crippen LogP contribution in [-0.4, -0.2) is 66.8 Å². The third-order valence-corrected chi connectivity index (χ3v) is 8.09. The number of anilines is 1. The minimum absolute atomic E-state index is 0.00258. The number of carbonyl (C=O) groups excluding carboxylic acids is 2. The number of oxime groups is 1. The fraction of sp³-hybridized carbons (Fsp3) is 0.632. The van der Waals surface area contributed by atoms with Crippen molar-refractivity contribution >= 4 is 51.7 Å². The number of nitrogens with two attached hydrogens (primary N) is 1. The summed E-state index contributed by atoms with van der Waals surface area (Å²) in [5.41, 5.74) is 6.04. The lowest BCUT2D eigenvalue weighted by atomic mass is 10.0. The van der Waals surface area contributed by atoms with Crippen LogP contribution < -0.4 is 11.1 Å². The summed E-state index contributed by atoms with van der Waals surface area (Å²) in [7, 11) is 0. The van der Waals surface area contributed by atoms with Crippen LogP contribution in [0, 0.1) is 0 Å². The second-order valence-electron chi connectivity index (χ2n) is 8.46. The molecule has 1 aromatic rings. The minimum atomic E-state index is -1.05. The fourth-order valence-corrected chi connectivity index (χ4v) is 6.56. The zero-order valence-corrected chi connectivity index (χ0v) is 18.9. The van der Waals surface area contributed by atoms with E-state index in [4.69, 9.17) is 10.6 Å². The Hall–Kier alpha value is -2.34. The maximum Gasteiger partial charge on any atom is 0.327 e. The van der Waals surface area contributed by atoms with Crippen LogP contribution >= 0.6 is 23.1 Å². The van der Waals surface area contributed by atoms with Gasteiger partial charge in [0, 0.05) is 16.5 Å². The molecule has 0 aromatic carbocycles. The third-order valence-electron chi connectivity index (χ3n) is 5.79. The molecular weight excluding hydrogens is 442 g/mol. The zero-order chi connectivity index (χ0) is 22.3. The monoisotopic (exact) mass is 467 g/mol. The van der Waals surface area contributed by atoms with Crippen molar-refractivity contribution in [2.75, 3.05) is 5.73 Å². The summed E-state index contributed by atoms with van der Waals surface area (Å²) in [6.45, 7) is 3.59. The van der Waals surface area contributed by atoms with E-state index >= 15 is 0 Å². The molecule has 3 fully saturated rings. The molecule has 2 saturated heterocycles. The number of nitrogen functional groups attached to an aromatic ring is 1. The molecule has 1 saturated carbocycles. The van der Waals surface area contributed by atoms with Crippen LogP contribution in [0.5, 0.6) is 0 Å². The number of hydrogen-bond acceptors (Lipinski definition) is 9. The molecule has 0 bridgehead atoms. The van der Waals surface area contributed by atoms with Gasteiger partial charge in [-0.3, -0.25) is 9.59 Å². The highest BCUT2D eigenvalue weighted by Gasteiger charge is 2.59. The van der Waals surface area contributed by atoms with E-state index < -0.39 is 34.1 Å². The van der Waals surface area contributed by atoms with E-state index in [0.717, 1.165) is 25.7 Å². The molecule has 12 heteroatoms. The Labute approximate surface area is 187 Å². The number of thiazole rings is 1. The van der Waals surface area contributed by atoms with Crippen molar-refractivity contribution in [3.05, 3.63) is 11.1 Å². The predicted octanol–water partition coefficient (Wildman–Crippen LogP) is 1.41. The second-order valence-corrected chi connectivity index (χ2v) is 11.1. The number of carbonyl (C=O) groups is 3. The Morgan fingerprint density at radius 1 is 1.39 bits per heavy atom. The van der Waals surface area contributed by atoms with Gasteiger partial charge in [-0.15, -0.1) is 23.1 Å². The highest BCUT2D eigenvalue weighted by molar-refractivity contribution is 8.01. The van der Waals surface area contributed by atoms with Gasteiger partial charge in [-0.25, -0.2) is 9.78 Å². The second kappa shape index (κ2) is 8.30. The number of fused-ring (bicyclic) bond motifs is 1. The number of aromatic nitrogens is 1. The fourth-order valence-electron chi connectivity index (χ4n) is 4.37. The van der Waals surface area contributed by atoms with Crippen molar-refractivity contribution in [2.45, 2.75) is 74.3 Å². The van der Waals surface area contributed by atoms with Crippen LogP contribution in [0.1, 0.15) is 51.6 Å². The topological polar surface area (TPSA) is 147 Å². The van der Waals surface area contributed by atoms with Crippen molar-refractivity contribution in [1.29, 1.82) is 0 Å². The van der Waals surface area contributed by atoms with E-state index in [0.29, 0.717) is 10.8 Å². The lowest BCUT2D eigenvalue weighted by molar-refractivity contribution is -0.148. The maximum absolute atomic E-state index is 13.1. The molecule has 3 atom stereocenters. The van der Waals surface area contributed by atoms with Crippen LogP contribution in [-0.2, 0) is 19.2 Å². The number of carboxylic acids is 1. The lowest BCUT2D eigenvalue weighted by Gasteiger charge is -2.26. The number of aliphatic carboxylic acids is 1. The Bertz CT molecular complexity index is 927. The van der Waals surface area contributed by atoms with Crippen molar-refractivity contribution in [3.8, 4) is 0 Å². The molecule has 168 valence electrons. The zero-order valence-electron chi connectivity index (χ0n) is 17.2. The molecule has 2 unspecified atom stereocenters. The van der Waals surface area contributed by atoms with Gasteiger partial charge < -0.3 is 25.9 Å². The number of carboxylic acid groups (broad SMARTS) is 1. The van der Waals surface area contributed by atoms with E-state index in [2.05, 4.69) is 15.5 Å². The molecule has 31 heavy (non-hydrogen) atoms. The molecule has 4 N–H and O–H groups in total. The molecule has 3 aliphatic rings. The summed E-state index contributed by atoms with van der Waals surface area (Å²) >= 11 is 2.57.